The van der Waals surface area contributed by atoms with E-state index in [-0.39, 0.29) is 54.9 Å². The molecule has 8 heteroatoms. The Kier molecular flexibility index (Phi) is 12.9. The number of carbonyl (C=O) groups excluding carboxylic acids is 2. The molecular formula is C31H50O8. The van der Waals surface area contributed by atoms with E-state index < -0.39 is 29.9 Å². The lowest BCUT2D eigenvalue weighted by Gasteiger charge is -2.33. The number of hydrogen-bond acceptors (Lipinski definition) is 8. The zero-order valence-corrected chi connectivity index (χ0v) is 25.0. The maximum atomic E-state index is 12.8. The Balaban J connectivity index is 2.15. The number of carbonyl (C=O) groups is 2. The number of esters is 2. The van der Waals surface area contributed by atoms with Crippen molar-refractivity contribution in [2.75, 3.05) is 7.11 Å². The molecular weight excluding hydrogens is 500 g/mol. The van der Waals surface area contributed by atoms with Crippen molar-refractivity contribution in [3.63, 3.8) is 0 Å². The van der Waals surface area contributed by atoms with Gasteiger partial charge in [-0.05, 0) is 57.1 Å². The van der Waals surface area contributed by atoms with Crippen LogP contribution >= 0.6 is 0 Å². The second-order valence-electron chi connectivity index (χ2n) is 11.6. The van der Waals surface area contributed by atoms with Crippen LogP contribution in [0.15, 0.2) is 36.0 Å². The first kappa shape index (κ1) is 33.2. The molecule has 2 N–H and O–H groups in total. The van der Waals surface area contributed by atoms with Crippen LogP contribution in [0, 0.1) is 17.8 Å². The summed E-state index contributed by atoms with van der Waals surface area (Å²) in [7, 11) is 1.53. The molecule has 0 saturated carbocycles. The average molecular weight is 551 g/mol. The molecule has 0 radical (unpaired) electrons. The first-order valence-corrected chi connectivity index (χ1v) is 14.3. The highest BCUT2D eigenvalue weighted by atomic mass is 16.6. The molecule has 8 nitrogen and oxygen atoms in total. The van der Waals surface area contributed by atoms with Gasteiger partial charge in [-0.15, -0.1) is 0 Å². The quantitative estimate of drug-likeness (QED) is 0.174. The Hall–Kier alpha value is -2.00. The van der Waals surface area contributed by atoms with Crippen molar-refractivity contribution >= 4 is 11.9 Å². The van der Waals surface area contributed by atoms with Crippen molar-refractivity contribution in [2.24, 2.45) is 17.8 Å². The molecule has 2 aliphatic rings. The topological polar surface area (TPSA) is 115 Å². The third kappa shape index (κ3) is 10.5. The van der Waals surface area contributed by atoms with Gasteiger partial charge in [0.25, 0.3) is 0 Å². The number of aliphatic hydroxyl groups excluding tert-OH is 1. The van der Waals surface area contributed by atoms with E-state index in [1.165, 1.54) is 14.0 Å². The van der Waals surface area contributed by atoms with Crippen molar-refractivity contribution in [1.29, 1.82) is 0 Å². The zero-order valence-electron chi connectivity index (χ0n) is 25.0. The highest BCUT2D eigenvalue weighted by Crippen LogP contribution is 2.36. The van der Waals surface area contributed by atoms with E-state index >= 15 is 0 Å². The lowest BCUT2D eigenvalue weighted by molar-refractivity contribution is -0.157. The molecule has 0 amide bonds. The number of aliphatic hydroxyl groups is 2. The summed E-state index contributed by atoms with van der Waals surface area (Å²) in [6.45, 7) is 12.9. The molecule has 2 heterocycles. The lowest BCUT2D eigenvalue weighted by Crippen LogP contribution is -2.42. The normalized spacial score (nSPS) is 35.7. The number of cyclic esters (lactones) is 1. The van der Waals surface area contributed by atoms with E-state index in [1.807, 2.05) is 45.9 Å². The van der Waals surface area contributed by atoms with Crippen molar-refractivity contribution in [3.8, 4) is 0 Å². The molecule has 0 spiro atoms. The molecule has 222 valence electrons. The number of epoxide rings is 1. The van der Waals surface area contributed by atoms with E-state index in [2.05, 4.69) is 13.0 Å². The summed E-state index contributed by atoms with van der Waals surface area (Å²) in [4.78, 5) is 24.6. The molecule has 2 aliphatic heterocycles. The minimum atomic E-state index is -1.32. The molecule has 10 atom stereocenters. The fraction of sp³-hybridized carbons (Fsp3) is 0.742. The van der Waals surface area contributed by atoms with Gasteiger partial charge in [0.05, 0.1) is 30.8 Å². The van der Waals surface area contributed by atoms with Crippen LogP contribution in [0.1, 0.15) is 80.6 Å². The van der Waals surface area contributed by atoms with Crippen LogP contribution in [0.4, 0.5) is 0 Å². The fourth-order valence-electron chi connectivity index (χ4n) is 5.15. The smallest absolute Gasteiger partial charge is 0.309 e. The zero-order chi connectivity index (χ0) is 29.3. The molecule has 0 aromatic heterocycles. The van der Waals surface area contributed by atoms with Gasteiger partial charge in [0.1, 0.15) is 17.8 Å². The minimum Gasteiger partial charge on any atom is -0.457 e. The van der Waals surface area contributed by atoms with E-state index in [9.17, 15) is 19.8 Å². The van der Waals surface area contributed by atoms with Crippen LogP contribution in [0.25, 0.3) is 0 Å². The maximum Gasteiger partial charge on any atom is 0.309 e. The highest BCUT2D eigenvalue weighted by Gasteiger charge is 2.45. The molecule has 0 aromatic rings. The van der Waals surface area contributed by atoms with Crippen molar-refractivity contribution in [3.05, 3.63) is 36.0 Å². The summed E-state index contributed by atoms with van der Waals surface area (Å²) in [5, 5.41) is 21.2. The summed E-state index contributed by atoms with van der Waals surface area (Å²) < 4.78 is 22.7. The summed E-state index contributed by atoms with van der Waals surface area (Å²) in [6, 6.07) is 0. The second kappa shape index (κ2) is 15.1. The van der Waals surface area contributed by atoms with Gasteiger partial charge in [0, 0.05) is 25.9 Å². The predicted octanol–water partition coefficient (Wildman–Crippen LogP) is 4.68. The standard InChI is InChI=1S/C31H50O8/c1-9-25(33)22(5)30-26(38-30)17-19(2)11-10-12-20(3)29-21(4)13-14-27(37-23(6)32)31(7,35)16-15-24(36-8)18-28(34)39-29/h10-14,19,21-22,24-27,29-30,33,35H,9,15-18H2,1-8H3/b11-10+,14-13-,20-12+. The van der Waals surface area contributed by atoms with Crippen LogP contribution in [-0.4, -0.2) is 71.5 Å². The van der Waals surface area contributed by atoms with Gasteiger partial charge in [-0.3, -0.25) is 9.59 Å². The third-order valence-corrected chi connectivity index (χ3v) is 7.95. The van der Waals surface area contributed by atoms with Gasteiger partial charge in [0.2, 0.25) is 0 Å². The Morgan fingerprint density at radius 2 is 1.97 bits per heavy atom. The highest BCUT2D eigenvalue weighted by molar-refractivity contribution is 5.70. The number of methoxy groups -OCH3 is 1. The summed E-state index contributed by atoms with van der Waals surface area (Å²) in [5.41, 5.74) is -0.455. The SMILES string of the molecule is CCC(O)C(C)C1OC1CC(C)/C=C/C=C(\C)C1OC(=O)CC(OC)CCC(C)(O)C(OC(C)=O)/C=C\C1C. The van der Waals surface area contributed by atoms with Gasteiger partial charge in [-0.1, -0.05) is 52.0 Å². The van der Waals surface area contributed by atoms with E-state index in [0.717, 1.165) is 18.4 Å². The summed E-state index contributed by atoms with van der Waals surface area (Å²) >= 11 is 0. The Bertz CT molecular complexity index is 891. The number of rotatable bonds is 10. The molecule has 0 bridgehead atoms. The largest absolute Gasteiger partial charge is 0.457 e. The minimum absolute atomic E-state index is 0.0611. The van der Waals surface area contributed by atoms with Crippen LogP contribution in [0.3, 0.4) is 0 Å². The molecule has 39 heavy (non-hydrogen) atoms. The predicted molar refractivity (Wildman–Crippen MR) is 150 cm³/mol. The van der Waals surface area contributed by atoms with Gasteiger partial charge in [-0.25, -0.2) is 0 Å². The van der Waals surface area contributed by atoms with Crippen LogP contribution in [-0.2, 0) is 28.5 Å². The van der Waals surface area contributed by atoms with Crippen LogP contribution in [0.5, 0.6) is 0 Å². The molecule has 2 rings (SSSR count). The molecule has 10 unspecified atom stereocenters. The summed E-state index contributed by atoms with van der Waals surface area (Å²) in [6.07, 6.45) is 10.0. The van der Waals surface area contributed by atoms with E-state index in [1.54, 1.807) is 13.0 Å². The van der Waals surface area contributed by atoms with E-state index in [0.29, 0.717) is 6.42 Å². The van der Waals surface area contributed by atoms with Gasteiger partial charge < -0.3 is 29.2 Å². The number of ether oxygens (including phenoxy) is 4. The molecule has 0 aromatic carbocycles. The fourth-order valence-corrected chi connectivity index (χ4v) is 5.15. The van der Waals surface area contributed by atoms with Gasteiger partial charge in [0.15, 0.2) is 0 Å². The van der Waals surface area contributed by atoms with Crippen molar-refractivity contribution in [1.82, 2.24) is 0 Å². The third-order valence-electron chi connectivity index (χ3n) is 7.95. The molecule has 0 aliphatic carbocycles. The lowest BCUT2D eigenvalue weighted by atomic mass is 9.88. The first-order valence-electron chi connectivity index (χ1n) is 14.3. The molecule has 1 saturated heterocycles. The van der Waals surface area contributed by atoms with Crippen LogP contribution < -0.4 is 0 Å². The molecule has 1 fully saturated rings. The van der Waals surface area contributed by atoms with E-state index in [4.69, 9.17) is 18.9 Å². The van der Waals surface area contributed by atoms with Crippen molar-refractivity contribution < 1.29 is 38.7 Å². The number of allylic oxidation sites excluding steroid dienone is 3. The Labute approximate surface area is 234 Å². The van der Waals surface area contributed by atoms with Gasteiger partial charge in [-0.2, -0.15) is 0 Å². The average Bonchev–Trinajstić information content (AvgIpc) is 3.64. The Morgan fingerprint density at radius 1 is 1.28 bits per heavy atom. The second-order valence-corrected chi connectivity index (χ2v) is 11.6. The monoisotopic (exact) mass is 550 g/mol. The van der Waals surface area contributed by atoms with Crippen molar-refractivity contribution in [2.45, 2.75) is 123 Å². The summed E-state index contributed by atoms with van der Waals surface area (Å²) in [5.74, 6) is -0.678. The number of hydrogen-bond donors (Lipinski definition) is 2. The Morgan fingerprint density at radius 3 is 2.59 bits per heavy atom. The maximum absolute atomic E-state index is 12.8. The van der Waals surface area contributed by atoms with Gasteiger partial charge >= 0.3 is 11.9 Å². The van der Waals surface area contributed by atoms with Crippen LogP contribution in [0.2, 0.25) is 0 Å². The first-order chi connectivity index (χ1) is 18.3.